The average Bonchev–Trinajstić information content (AvgIpc) is 3.31. The molecule has 14 nitrogen and oxygen atoms in total. The molecule has 0 aromatic heterocycles. The molecule has 2 saturated heterocycles. The Morgan fingerprint density at radius 2 is 1.94 bits per heavy atom. The largest absolute Gasteiger partial charge is 0.394 e. The first-order valence-corrected chi connectivity index (χ1v) is 10.5. The fourth-order valence-electron chi connectivity index (χ4n) is 5.08. The van der Waals surface area contributed by atoms with Gasteiger partial charge in [-0.1, -0.05) is 0 Å². The third-order valence-corrected chi connectivity index (χ3v) is 6.84. The molecule has 3 heterocycles. The number of aliphatic hydroxyl groups is 3. The Bertz CT molecular complexity index is 939. The highest BCUT2D eigenvalue weighted by atomic mass is 16.6. The number of nitrogens with one attached hydrogen (secondary N) is 1. The molecule has 180 valence electrons. The Balaban J connectivity index is 1.77. The molecule has 3 aliphatic heterocycles. The SMILES string of the molecule is NC(=O)C1([N+]2(c3ccc([N+](=O)[O-])cc3)CCNCC2)N=CN([C@@H]2O[C@H](CO)[C@@H](O)[C@H]2O)C1N. The molecule has 1 aromatic rings. The minimum absolute atomic E-state index is 0.101. The molecule has 0 saturated carbocycles. The summed E-state index contributed by atoms with van der Waals surface area (Å²) in [6, 6.07) is 5.82. The average molecular weight is 466 g/mol. The number of carbonyl (C=O) groups excluding carboxylic acids is 1. The van der Waals surface area contributed by atoms with Crippen LogP contribution in [0.1, 0.15) is 0 Å². The lowest BCUT2D eigenvalue weighted by molar-refractivity contribution is -0.384. The van der Waals surface area contributed by atoms with E-state index in [-0.39, 0.29) is 10.2 Å². The van der Waals surface area contributed by atoms with Gasteiger partial charge in [0, 0.05) is 37.4 Å². The van der Waals surface area contributed by atoms with Crippen LogP contribution in [-0.4, -0.2) is 107 Å². The number of quaternary nitrogens is 1. The van der Waals surface area contributed by atoms with Gasteiger partial charge in [0.15, 0.2) is 12.4 Å². The number of nitro groups is 1. The summed E-state index contributed by atoms with van der Waals surface area (Å²) >= 11 is 0. The van der Waals surface area contributed by atoms with Crippen LogP contribution >= 0.6 is 0 Å². The molecule has 1 aromatic carbocycles. The Morgan fingerprint density at radius 3 is 2.45 bits per heavy atom. The first-order valence-electron chi connectivity index (χ1n) is 10.5. The Hall–Kier alpha value is -2.72. The number of hydrogen-bond acceptors (Lipinski definition) is 11. The van der Waals surface area contributed by atoms with Crippen molar-refractivity contribution in [3.63, 3.8) is 0 Å². The summed E-state index contributed by atoms with van der Waals surface area (Å²) in [7, 11) is 0. The number of nitrogens with two attached hydrogens (primary N) is 2. The van der Waals surface area contributed by atoms with Gasteiger partial charge < -0.3 is 41.7 Å². The molecule has 14 heteroatoms. The predicted molar refractivity (Wildman–Crippen MR) is 115 cm³/mol. The van der Waals surface area contributed by atoms with Gasteiger partial charge in [0.05, 0.1) is 31.0 Å². The number of piperazine rings is 1. The van der Waals surface area contributed by atoms with Crippen LogP contribution in [0.2, 0.25) is 0 Å². The topological polar surface area (TPSA) is 210 Å². The molecule has 8 N–H and O–H groups in total. The van der Waals surface area contributed by atoms with Crippen molar-refractivity contribution in [2.75, 3.05) is 32.8 Å². The van der Waals surface area contributed by atoms with E-state index in [1.807, 2.05) is 0 Å². The summed E-state index contributed by atoms with van der Waals surface area (Å²) < 4.78 is 5.49. The number of non-ortho nitro benzene ring substituents is 1. The summed E-state index contributed by atoms with van der Waals surface area (Å²) in [5, 5.41) is 44.4. The molecule has 6 atom stereocenters. The molecule has 1 amide bonds. The van der Waals surface area contributed by atoms with E-state index >= 15 is 0 Å². The standard InChI is InChI=1S/C19H27N7O7/c20-17-19(18(21)30,23-10-24(17)16-15(29)14(28)13(9-27)33-16)26(7-5-22-6-8-26)12-3-1-11(2-4-12)25(31)32/h1-4,10,13-17,22,27-29H,5-9,20H2,(H-,21,30)/p+1/t13-,14-,15-,16-,17?,19?/m1/s1. The zero-order valence-corrected chi connectivity index (χ0v) is 17.7. The lowest BCUT2D eigenvalue weighted by Crippen LogP contribution is -2.81. The van der Waals surface area contributed by atoms with Gasteiger partial charge in [-0.2, -0.15) is 0 Å². The third-order valence-electron chi connectivity index (χ3n) is 6.84. The maximum absolute atomic E-state index is 13.1. The van der Waals surface area contributed by atoms with E-state index in [0.717, 1.165) is 0 Å². The van der Waals surface area contributed by atoms with Gasteiger partial charge in [-0.3, -0.25) is 19.4 Å². The number of rotatable bonds is 6. The van der Waals surface area contributed by atoms with Gasteiger partial charge in [-0.05, 0) is 0 Å². The molecule has 3 aliphatic rings. The fraction of sp³-hybridized carbons (Fsp3) is 0.579. The maximum Gasteiger partial charge on any atom is 0.312 e. The van der Waals surface area contributed by atoms with Crippen molar-refractivity contribution in [1.29, 1.82) is 0 Å². The number of nitrogens with zero attached hydrogens (tertiary/aromatic N) is 4. The van der Waals surface area contributed by atoms with E-state index in [2.05, 4.69) is 10.3 Å². The number of primary amides is 1. The quantitative estimate of drug-likeness (QED) is 0.140. The smallest absolute Gasteiger partial charge is 0.312 e. The third kappa shape index (κ3) is 3.38. The number of ether oxygens (including phenoxy) is 1. The summed E-state index contributed by atoms with van der Waals surface area (Å²) in [6.07, 6.45) is -4.92. The summed E-state index contributed by atoms with van der Waals surface area (Å²) in [6.45, 7) is 1.19. The van der Waals surface area contributed by atoms with E-state index < -0.39 is 53.8 Å². The van der Waals surface area contributed by atoms with Gasteiger partial charge in [0.25, 0.3) is 5.69 Å². The van der Waals surface area contributed by atoms with Crippen molar-refractivity contribution in [3.8, 4) is 0 Å². The molecule has 0 spiro atoms. The van der Waals surface area contributed by atoms with Crippen molar-refractivity contribution in [3.05, 3.63) is 34.4 Å². The van der Waals surface area contributed by atoms with Gasteiger partial charge in [0.1, 0.15) is 24.0 Å². The summed E-state index contributed by atoms with van der Waals surface area (Å²) in [4.78, 5) is 29.5. The molecule has 0 bridgehead atoms. The normalized spacial score (nSPS) is 35.6. The van der Waals surface area contributed by atoms with Crippen LogP contribution in [0, 0.1) is 10.1 Å². The van der Waals surface area contributed by atoms with Crippen molar-refractivity contribution < 1.29 is 29.8 Å². The molecule has 4 rings (SSSR count). The number of hydrogen-bond donors (Lipinski definition) is 6. The monoisotopic (exact) mass is 466 g/mol. The van der Waals surface area contributed by atoms with E-state index in [9.17, 15) is 30.2 Å². The molecule has 2 fully saturated rings. The predicted octanol–water partition coefficient (Wildman–Crippen LogP) is -3.25. The Morgan fingerprint density at radius 1 is 1.30 bits per heavy atom. The van der Waals surface area contributed by atoms with E-state index in [1.165, 1.54) is 23.4 Å². The highest BCUT2D eigenvalue weighted by Crippen LogP contribution is 2.42. The Labute approximate surface area is 188 Å². The van der Waals surface area contributed by atoms with Crippen molar-refractivity contribution in [2.24, 2.45) is 16.5 Å². The van der Waals surface area contributed by atoms with Gasteiger partial charge in [-0.25, -0.2) is 4.99 Å². The van der Waals surface area contributed by atoms with E-state index in [1.54, 1.807) is 12.1 Å². The zero-order chi connectivity index (χ0) is 24.0. The number of aliphatic hydroxyl groups excluding tert-OH is 3. The second-order valence-electron chi connectivity index (χ2n) is 8.39. The van der Waals surface area contributed by atoms with Crippen LogP contribution in [0.3, 0.4) is 0 Å². The van der Waals surface area contributed by atoms with Crippen molar-refractivity contribution >= 4 is 23.6 Å². The van der Waals surface area contributed by atoms with Crippen LogP contribution in [0.5, 0.6) is 0 Å². The highest BCUT2D eigenvalue weighted by Gasteiger charge is 2.67. The second-order valence-corrected chi connectivity index (χ2v) is 8.39. The van der Waals surface area contributed by atoms with Crippen molar-refractivity contribution in [2.45, 2.75) is 36.4 Å². The van der Waals surface area contributed by atoms with Crippen LogP contribution in [0.4, 0.5) is 11.4 Å². The van der Waals surface area contributed by atoms with E-state index in [0.29, 0.717) is 31.9 Å². The minimum atomic E-state index is -1.75. The maximum atomic E-state index is 13.1. The molecular formula is C19H28N7O7+. The molecule has 0 aliphatic carbocycles. The molecule has 33 heavy (non-hydrogen) atoms. The molecular weight excluding hydrogens is 438 g/mol. The molecule has 2 unspecified atom stereocenters. The van der Waals surface area contributed by atoms with Gasteiger partial charge in [0.2, 0.25) is 0 Å². The zero-order valence-electron chi connectivity index (χ0n) is 17.7. The lowest BCUT2D eigenvalue weighted by atomic mass is 9.96. The summed E-state index contributed by atoms with van der Waals surface area (Å²) in [5.41, 5.74) is 11.2. The first-order chi connectivity index (χ1) is 15.7. The van der Waals surface area contributed by atoms with Gasteiger partial charge >= 0.3 is 11.6 Å². The van der Waals surface area contributed by atoms with E-state index in [4.69, 9.17) is 16.2 Å². The fourth-order valence-corrected chi connectivity index (χ4v) is 5.08. The number of amides is 1. The van der Waals surface area contributed by atoms with Crippen molar-refractivity contribution in [1.82, 2.24) is 14.7 Å². The molecule has 0 radical (unpaired) electrons. The van der Waals surface area contributed by atoms with Gasteiger partial charge in [-0.15, -0.1) is 0 Å². The van der Waals surface area contributed by atoms with Crippen LogP contribution < -0.4 is 21.3 Å². The number of aliphatic imine (C=N–C) groups is 1. The summed E-state index contributed by atoms with van der Waals surface area (Å²) in [5.74, 6) is -0.819. The van der Waals surface area contributed by atoms with Crippen LogP contribution in [-0.2, 0) is 9.53 Å². The lowest BCUT2D eigenvalue weighted by Gasteiger charge is -2.51. The van der Waals surface area contributed by atoms with Crippen LogP contribution in [0.15, 0.2) is 29.3 Å². The second kappa shape index (κ2) is 8.57. The number of benzene rings is 1. The Kier molecular flexibility index (Phi) is 6.09. The highest BCUT2D eigenvalue weighted by molar-refractivity contribution is 5.91. The van der Waals surface area contributed by atoms with Crippen LogP contribution in [0.25, 0.3) is 0 Å². The minimum Gasteiger partial charge on any atom is -0.394 e. The first kappa shape index (κ1) is 23.4. The number of nitro benzene ring substituents is 1. The number of carbonyl (C=O) groups is 1.